The van der Waals surface area contributed by atoms with E-state index >= 15 is 0 Å². The van der Waals surface area contributed by atoms with Crippen LogP contribution in [0, 0.1) is 5.92 Å². The quantitative estimate of drug-likeness (QED) is 0.785. The van der Waals surface area contributed by atoms with Crippen molar-refractivity contribution in [2.45, 2.75) is 31.7 Å². The topological polar surface area (TPSA) is 66.4 Å². The van der Waals surface area contributed by atoms with E-state index in [1.54, 1.807) is 18.2 Å². The van der Waals surface area contributed by atoms with Gasteiger partial charge in [0.05, 0.1) is 11.8 Å². The molecule has 0 bridgehead atoms. The van der Waals surface area contributed by atoms with E-state index in [0.29, 0.717) is 0 Å². The summed E-state index contributed by atoms with van der Waals surface area (Å²) in [5.41, 5.74) is 0. The van der Waals surface area contributed by atoms with Gasteiger partial charge in [-0.05, 0) is 31.0 Å². The number of benzene rings is 1. The van der Waals surface area contributed by atoms with E-state index in [-0.39, 0.29) is 29.1 Å². The summed E-state index contributed by atoms with van der Waals surface area (Å²) in [5, 5.41) is 12.0. The van der Waals surface area contributed by atoms with Gasteiger partial charge in [-0.15, -0.1) is 11.8 Å². The molecule has 104 valence electrons. The third-order valence-corrected chi connectivity index (χ3v) is 3.60. The lowest BCUT2D eigenvalue weighted by Crippen LogP contribution is -2.44. The van der Waals surface area contributed by atoms with Gasteiger partial charge in [-0.2, -0.15) is 0 Å². The fourth-order valence-corrected chi connectivity index (χ4v) is 2.43. The summed E-state index contributed by atoms with van der Waals surface area (Å²) >= 11 is 1.32. The van der Waals surface area contributed by atoms with Crippen molar-refractivity contribution in [2.24, 2.45) is 5.92 Å². The van der Waals surface area contributed by atoms with Crippen molar-refractivity contribution in [3.8, 4) is 5.75 Å². The molecule has 2 N–H and O–H groups in total. The van der Waals surface area contributed by atoms with E-state index in [1.807, 2.05) is 19.9 Å². The number of hydrogen-bond acceptors (Lipinski definition) is 4. The monoisotopic (exact) mass is 281 g/mol. The number of hydrogen-bond donors (Lipinski definition) is 2. The number of phenolic OH excluding ortho intramolecular Hbond substituents is 1. The van der Waals surface area contributed by atoms with Crippen LogP contribution in [0.3, 0.4) is 0 Å². The summed E-state index contributed by atoms with van der Waals surface area (Å²) in [6.07, 6.45) is 0. The average Bonchev–Trinajstić information content (AvgIpc) is 2.32. The molecule has 0 spiro atoms. The SMILES string of the molecule is CC(=O)C(NC(=O)CSc1cccc(O)c1)C(C)C. The van der Waals surface area contributed by atoms with Crippen LogP contribution < -0.4 is 5.32 Å². The van der Waals surface area contributed by atoms with Crippen LogP contribution in [0.25, 0.3) is 0 Å². The Hall–Kier alpha value is -1.49. The summed E-state index contributed by atoms with van der Waals surface area (Å²) in [5.74, 6) is 0.259. The van der Waals surface area contributed by atoms with Gasteiger partial charge in [-0.25, -0.2) is 0 Å². The first-order valence-corrected chi connectivity index (χ1v) is 7.10. The van der Waals surface area contributed by atoms with Crippen LogP contribution in [0.15, 0.2) is 29.2 Å². The molecule has 1 amide bonds. The molecule has 0 fully saturated rings. The number of amides is 1. The van der Waals surface area contributed by atoms with E-state index in [9.17, 15) is 14.7 Å². The maximum atomic E-state index is 11.8. The molecule has 1 atom stereocenters. The number of aromatic hydroxyl groups is 1. The van der Waals surface area contributed by atoms with Gasteiger partial charge < -0.3 is 10.4 Å². The third kappa shape index (κ3) is 5.34. The Morgan fingerprint density at radius 2 is 2.05 bits per heavy atom. The Morgan fingerprint density at radius 1 is 1.37 bits per heavy atom. The molecular weight excluding hydrogens is 262 g/mol. The second-order valence-electron chi connectivity index (χ2n) is 4.69. The minimum atomic E-state index is -0.433. The Kier molecular flexibility index (Phi) is 5.89. The predicted octanol–water partition coefficient (Wildman–Crippen LogP) is 2.21. The zero-order chi connectivity index (χ0) is 14.4. The standard InChI is InChI=1S/C14H19NO3S/c1-9(2)14(10(3)16)15-13(18)8-19-12-6-4-5-11(17)7-12/h4-7,9,14,17H,8H2,1-3H3,(H,15,18). The lowest BCUT2D eigenvalue weighted by molar-refractivity contribution is -0.126. The molecule has 4 nitrogen and oxygen atoms in total. The first-order chi connectivity index (χ1) is 8.90. The number of carbonyl (C=O) groups excluding carboxylic acids is 2. The van der Waals surface area contributed by atoms with E-state index in [1.165, 1.54) is 18.7 Å². The maximum Gasteiger partial charge on any atom is 0.230 e. The van der Waals surface area contributed by atoms with Crippen LogP contribution in [0.4, 0.5) is 0 Å². The molecule has 0 aliphatic rings. The minimum absolute atomic E-state index is 0.0364. The van der Waals surface area contributed by atoms with Crippen LogP contribution in [-0.4, -0.2) is 28.6 Å². The number of phenols is 1. The van der Waals surface area contributed by atoms with Crippen molar-refractivity contribution >= 4 is 23.5 Å². The van der Waals surface area contributed by atoms with E-state index in [2.05, 4.69) is 5.32 Å². The van der Waals surface area contributed by atoms with Crippen molar-refractivity contribution in [3.05, 3.63) is 24.3 Å². The van der Waals surface area contributed by atoms with Crippen LogP contribution in [0.1, 0.15) is 20.8 Å². The number of thioether (sulfide) groups is 1. The number of ketones is 1. The Bertz CT molecular complexity index is 460. The Labute approximate surface area is 117 Å². The van der Waals surface area contributed by atoms with E-state index in [4.69, 9.17) is 0 Å². The number of Topliss-reactive ketones (excluding diaryl/α,β-unsaturated/α-hetero) is 1. The lowest BCUT2D eigenvalue weighted by Gasteiger charge is -2.19. The Morgan fingerprint density at radius 3 is 2.58 bits per heavy atom. The zero-order valence-corrected chi connectivity index (χ0v) is 12.2. The smallest absolute Gasteiger partial charge is 0.230 e. The molecular formula is C14H19NO3S. The molecule has 0 saturated carbocycles. The molecule has 0 aliphatic heterocycles. The zero-order valence-electron chi connectivity index (χ0n) is 11.3. The largest absolute Gasteiger partial charge is 0.508 e. The van der Waals surface area contributed by atoms with Crippen LogP contribution in [0.5, 0.6) is 5.75 Å². The third-order valence-electron chi connectivity index (χ3n) is 2.61. The van der Waals surface area contributed by atoms with Gasteiger partial charge >= 0.3 is 0 Å². The van der Waals surface area contributed by atoms with Crippen LogP contribution in [0.2, 0.25) is 0 Å². The first-order valence-electron chi connectivity index (χ1n) is 6.11. The summed E-state index contributed by atoms with van der Waals surface area (Å²) in [6, 6.07) is 6.29. The van der Waals surface area contributed by atoms with Gasteiger partial charge in [0.15, 0.2) is 5.78 Å². The highest BCUT2D eigenvalue weighted by atomic mass is 32.2. The fourth-order valence-electron chi connectivity index (χ4n) is 1.67. The molecule has 0 aliphatic carbocycles. The second kappa shape index (κ2) is 7.19. The number of rotatable bonds is 6. The molecule has 1 aromatic carbocycles. The molecule has 1 aromatic rings. The van der Waals surface area contributed by atoms with Gasteiger partial charge in [0.2, 0.25) is 5.91 Å². The fraction of sp³-hybridized carbons (Fsp3) is 0.429. The summed E-state index contributed by atoms with van der Waals surface area (Å²) < 4.78 is 0. The minimum Gasteiger partial charge on any atom is -0.508 e. The highest BCUT2D eigenvalue weighted by Gasteiger charge is 2.20. The van der Waals surface area contributed by atoms with E-state index < -0.39 is 6.04 Å². The molecule has 5 heteroatoms. The van der Waals surface area contributed by atoms with Crippen molar-refractivity contribution in [2.75, 3.05) is 5.75 Å². The average molecular weight is 281 g/mol. The first kappa shape index (κ1) is 15.6. The normalized spacial score (nSPS) is 12.2. The Balaban J connectivity index is 2.49. The molecule has 19 heavy (non-hydrogen) atoms. The van der Waals surface area contributed by atoms with Crippen LogP contribution in [-0.2, 0) is 9.59 Å². The number of carbonyl (C=O) groups is 2. The summed E-state index contributed by atoms with van der Waals surface area (Å²) in [4.78, 5) is 24.0. The van der Waals surface area contributed by atoms with Crippen molar-refractivity contribution < 1.29 is 14.7 Å². The molecule has 1 rings (SSSR count). The predicted molar refractivity (Wildman–Crippen MR) is 76.3 cm³/mol. The highest BCUT2D eigenvalue weighted by Crippen LogP contribution is 2.21. The van der Waals surface area contributed by atoms with Gasteiger partial charge in [-0.1, -0.05) is 19.9 Å². The van der Waals surface area contributed by atoms with Crippen molar-refractivity contribution in [1.29, 1.82) is 0 Å². The van der Waals surface area contributed by atoms with Gasteiger partial charge in [-0.3, -0.25) is 9.59 Å². The van der Waals surface area contributed by atoms with E-state index in [0.717, 1.165) is 4.90 Å². The molecule has 0 aromatic heterocycles. The molecule has 1 unspecified atom stereocenters. The number of nitrogens with one attached hydrogen (secondary N) is 1. The van der Waals surface area contributed by atoms with Gasteiger partial charge in [0.25, 0.3) is 0 Å². The van der Waals surface area contributed by atoms with Crippen LogP contribution >= 0.6 is 11.8 Å². The van der Waals surface area contributed by atoms with Gasteiger partial charge in [0, 0.05) is 4.90 Å². The summed E-state index contributed by atoms with van der Waals surface area (Å²) in [7, 11) is 0. The summed E-state index contributed by atoms with van der Waals surface area (Å²) in [6.45, 7) is 5.27. The molecule has 0 radical (unpaired) electrons. The highest BCUT2D eigenvalue weighted by molar-refractivity contribution is 8.00. The lowest BCUT2D eigenvalue weighted by atomic mass is 10.0. The molecule has 0 heterocycles. The maximum absolute atomic E-state index is 11.8. The van der Waals surface area contributed by atoms with Crippen molar-refractivity contribution in [3.63, 3.8) is 0 Å². The molecule has 0 saturated heterocycles. The van der Waals surface area contributed by atoms with Gasteiger partial charge in [0.1, 0.15) is 5.75 Å². The second-order valence-corrected chi connectivity index (χ2v) is 5.73. The van der Waals surface area contributed by atoms with Crippen molar-refractivity contribution in [1.82, 2.24) is 5.32 Å².